The van der Waals surface area contributed by atoms with Crippen LogP contribution in [-0.4, -0.2) is 60.4 Å². The second-order valence-corrected chi connectivity index (χ2v) is 11.8. The van der Waals surface area contributed by atoms with E-state index in [4.69, 9.17) is 19.2 Å². The summed E-state index contributed by atoms with van der Waals surface area (Å²) in [7, 11) is 1.59. The number of carbonyl (C=O) groups excluding carboxylic acids is 1. The Morgan fingerprint density at radius 2 is 2.02 bits per heavy atom. The van der Waals surface area contributed by atoms with Crippen molar-refractivity contribution in [1.82, 2.24) is 24.5 Å². The van der Waals surface area contributed by atoms with Crippen molar-refractivity contribution in [2.45, 2.75) is 76.9 Å². The lowest BCUT2D eigenvalue weighted by Gasteiger charge is -2.31. The van der Waals surface area contributed by atoms with Gasteiger partial charge in [0.25, 0.3) is 5.56 Å². The number of aromatic nitrogens is 5. The minimum absolute atomic E-state index is 0.0549. The molecule has 1 aromatic carbocycles. The van der Waals surface area contributed by atoms with Gasteiger partial charge in [-0.25, -0.2) is 19.3 Å². The molecule has 2 aliphatic heterocycles. The van der Waals surface area contributed by atoms with Gasteiger partial charge in [-0.2, -0.15) is 0 Å². The Balaban J connectivity index is 1.39. The Labute approximate surface area is 257 Å². The van der Waals surface area contributed by atoms with Crippen molar-refractivity contribution in [1.29, 1.82) is 0 Å². The molecule has 3 aromatic heterocycles. The molecular formula is C32H33N5O8. The van der Waals surface area contributed by atoms with Gasteiger partial charge in [0.2, 0.25) is 0 Å². The van der Waals surface area contributed by atoms with Crippen LogP contribution in [0.5, 0.6) is 5.75 Å². The number of carboxylic acids is 1. The molecular weight excluding hydrogens is 582 g/mol. The number of aliphatic carboxylic acids is 1. The molecule has 0 bridgehead atoms. The fourth-order valence-electron chi connectivity index (χ4n) is 6.85. The zero-order valence-electron chi connectivity index (χ0n) is 25.0. The Morgan fingerprint density at radius 1 is 1.18 bits per heavy atom. The third-order valence-corrected chi connectivity index (χ3v) is 9.28. The molecule has 0 saturated carbocycles. The maximum Gasteiger partial charge on any atom is 0.343 e. The van der Waals surface area contributed by atoms with E-state index in [1.807, 2.05) is 22.9 Å². The average Bonchev–Trinajstić information content (AvgIpc) is 3.59. The van der Waals surface area contributed by atoms with Gasteiger partial charge in [-0.05, 0) is 55.5 Å². The second kappa shape index (κ2) is 11.1. The predicted molar refractivity (Wildman–Crippen MR) is 159 cm³/mol. The molecule has 0 fully saturated rings. The summed E-state index contributed by atoms with van der Waals surface area (Å²) < 4.78 is 20.0. The zero-order valence-corrected chi connectivity index (χ0v) is 25.0. The van der Waals surface area contributed by atoms with Gasteiger partial charge in [-0.15, -0.1) is 5.10 Å². The van der Waals surface area contributed by atoms with Crippen molar-refractivity contribution < 1.29 is 34.0 Å². The number of carboxylic acid groups (broad SMARTS) is 1. The van der Waals surface area contributed by atoms with E-state index in [1.54, 1.807) is 24.7 Å². The van der Waals surface area contributed by atoms with E-state index in [-0.39, 0.29) is 36.3 Å². The standard InChI is InChI=1S/C32H33N5O8/c1-3-32(42)22-12-25-28-20(13-36(25)30(40)21(22)15-45-31(32)41)19(18-11-17(43-2)9-10-23(18)33-28)14-37-24-7-5-4-6-8-26(29(24)34-35-37)44-16-27(38)39/h9-12,26,42H,3-8,13-16H2,1-2H3,(H,38,39)/t26?,32-/m0/s1. The summed E-state index contributed by atoms with van der Waals surface area (Å²) >= 11 is 0. The van der Waals surface area contributed by atoms with Gasteiger partial charge >= 0.3 is 11.9 Å². The SMILES string of the molecule is CC[C@@]1(O)C(=O)OCc2c1cc1n(c2=O)Cc2c-1nc1ccc(OC)cc1c2Cn1nnc2c1CCCCCC2OCC(=O)O. The number of pyridine rings is 2. The Morgan fingerprint density at radius 3 is 2.80 bits per heavy atom. The Bertz CT molecular complexity index is 1930. The van der Waals surface area contributed by atoms with E-state index in [2.05, 4.69) is 10.3 Å². The van der Waals surface area contributed by atoms with Crippen LogP contribution in [0.2, 0.25) is 0 Å². The first-order chi connectivity index (χ1) is 21.7. The first-order valence-corrected chi connectivity index (χ1v) is 15.2. The number of nitrogens with zero attached hydrogens (tertiary/aromatic N) is 5. The molecule has 13 heteroatoms. The third kappa shape index (κ3) is 4.68. The van der Waals surface area contributed by atoms with Crippen molar-refractivity contribution in [3.63, 3.8) is 0 Å². The summed E-state index contributed by atoms with van der Waals surface area (Å²) in [5, 5.41) is 30.4. The summed E-state index contributed by atoms with van der Waals surface area (Å²) in [5.41, 5.74) is 3.28. The highest BCUT2D eigenvalue weighted by atomic mass is 16.6. The highest BCUT2D eigenvalue weighted by molar-refractivity contribution is 5.90. The molecule has 0 spiro atoms. The van der Waals surface area contributed by atoms with Gasteiger partial charge < -0.3 is 29.0 Å². The van der Waals surface area contributed by atoms with Crippen LogP contribution in [-0.2, 0) is 50.8 Å². The van der Waals surface area contributed by atoms with Crippen LogP contribution in [0.4, 0.5) is 0 Å². The number of methoxy groups -OCH3 is 1. The topological polar surface area (TPSA) is 168 Å². The third-order valence-electron chi connectivity index (χ3n) is 9.28. The van der Waals surface area contributed by atoms with Crippen LogP contribution in [0.1, 0.15) is 78.8 Å². The number of rotatable bonds is 7. The molecule has 0 saturated heterocycles. The van der Waals surface area contributed by atoms with Crippen LogP contribution in [0.25, 0.3) is 22.3 Å². The number of esters is 1. The number of cyclic esters (lactones) is 1. The number of carbonyl (C=O) groups is 2. The fourth-order valence-corrected chi connectivity index (χ4v) is 6.85. The first-order valence-electron chi connectivity index (χ1n) is 15.2. The van der Waals surface area contributed by atoms with Gasteiger partial charge in [0, 0.05) is 16.5 Å². The quantitative estimate of drug-likeness (QED) is 0.258. The number of ether oxygens (including phenoxy) is 3. The van der Waals surface area contributed by atoms with E-state index < -0.39 is 30.3 Å². The predicted octanol–water partition coefficient (Wildman–Crippen LogP) is 2.99. The molecule has 234 valence electrons. The largest absolute Gasteiger partial charge is 0.497 e. The molecule has 3 aliphatic rings. The van der Waals surface area contributed by atoms with Crippen molar-refractivity contribution in [3.05, 3.63) is 68.3 Å². The van der Waals surface area contributed by atoms with E-state index in [0.29, 0.717) is 47.7 Å². The minimum Gasteiger partial charge on any atom is -0.497 e. The molecule has 4 aromatic rings. The van der Waals surface area contributed by atoms with E-state index in [1.165, 1.54) is 0 Å². The Kier molecular flexibility index (Phi) is 7.16. The van der Waals surface area contributed by atoms with Crippen LogP contribution in [0.3, 0.4) is 0 Å². The first kappa shape index (κ1) is 29.1. The minimum atomic E-state index is -1.92. The molecule has 45 heavy (non-hydrogen) atoms. The molecule has 2 N–H and O–H groups in total. The Hall–Kier alpha value is -4.62. The van der Waals surface area contributed by atoms with Crippen molar-refractivity contribution in [2.75, 3.05) is 13.7 Å². The van der Waals surface area contributed by atoms with Gasteiger partial charge in [-0.1, -0.05) is 25.0 Å². The fraction of sp³-hybridized carbons (Fsp3) is 0.438. The van der Waals surface area contributed by atoms with E-state index in [0.717, 1.165) is 41.5 Å². The number of benzene rings is 1. The average molecular weight is 616 g/mol. The lowest BCUT2D eigenvalue weighted by atomic mass is 9.86. The van der Waals surface area contributed by atoms with Gasteiger partial charge in [0.15, 0.2) is 5.60 Å². The molecule has 0 radical (unpaired) electrons. The number of fused-ring (bicyclic) bond motifs is 6. The molecule has 0 amide bonds. The maximum absolute atomic E-state index is 13.8. The molecule has 13 nitrogen and oxygen atoms in total. The summed E-state index contributed by atoms with van der Waals surface area (Å²) in [6.07, 6.45) is 3.76. The molecule has 7 rings (SSSR count). The van der Waals surface area contributed by atoms with Crippen molar-refractivity contribution in [3.8, 4) is 17.1 Å². The number of hydrogen-bond donors (Lipinski definition) is 2. The molecule has 1 aliphatic carbocycles. The molecule has 1 unspecified atom stereocenters. The van der Waals surface area contributed by atoms with Gasteiger partial charge in [-0.3, -0.25) is 4.79 Å². The smallest absolute Gasteiger partial charge is 0.343 e. The van der Waals surface area contributed by atoms with E-state index in [9.17, 15) is 24.6 Å². The van der Waals surface area contributed by atoms with Crippen LogP contribution in [0.15, 0.2) is 29.1 Å². The normalized spacial score (nSPS) is 20.4. The molecule has 2 atom stereocenters. The van der Waals surface area contributed by atoms with Crippen LogP contribution in [0, 0.1) is 0 Å². The highest BCUT2D eigenvalue weighted by Gasteiger charge is 2.45. The number of hydrogen-bond acceptors (Lipinski definition) is 10. The molecule has 5 heterocycles. The number of aliphatic hydroxyl groups is 1. The van der Waals surface area contributed by atoms with E-state index >= 15 is 0 Å². The zero-order chi connectivity index (χ0) is 31.5. The highest BCUT2D eigenvalue weighted by Crippen LogP contribution is 2.41. The second-order valence-electron chi connectivity index (χ2n) is 11.8. The monoisotopic (exact) mass is 615 g/mol. The maximum atomic E-state index is 13.8. The van der Waals surface area contributed by atoms with Crippen molar-refractivity contribution >= 4 is 22.8 Å². The van der Waals surface area contributed by atoms with Gasteiger partial charge in [0.05, 0.1) is 48.4 Å². The summed E-state index contributed by atoms with van der Waals surface area (Å²) in [6, 6.07) is 7.30. The lowest BCUT2D eigenvalue weighted by molar-refractivity contribution is -0.172. The van der Waals surface area contributed by atoms with Gasteiger partial charge in [0.1, 0.15) is 30.8 Å². The summed E-state index contributed by atoms with van der Waals surface area (Å²) in [4.78, 5) is 42.7. The lowest BCUT2D eigenvalue weighted by Crippen LogP contribution is -2.44. The van der Waals surface area contributed by atoms with Crippen molar-refractivity contribution in [2.24, 2.45) is 0 Å². The summed E-state index contributed by atoms with van der Waals surface area (Å²) in [5.74, 6) is -1.16. The van der Waals surface area contributed by atoms with Crippen LogP contribution < -0.4 is 10.3 Å². The van der Waals surface area contributed by atoms with Crippen LogP contribution >= 0.6 is 0 Å². The summed E-state index contributed by atoms with van der Waals surface area (Å²) in [6.45, 7) is 1.59.